The van der Waals surface area contributed by atoms with E-state index in [0.29, 0.717) is 0 Å². The Morgan fingerprint density at radius 3 is 1.92 bits per heavy atom. The molecule has 12 heavy (non-hydrogen) atoms. The number of hydrogen-bond donors (Lipinski definition) is 0. The van der Waals surface area contributed by atoms with Crippen LogP contribution in [-0.4, -0.2) is 12.7 Å². The first-order valence-electron chi connectivity index (χ1n) is 5.22. The van der Waals surface area contributed by atoms with E-state index in [1.807, 2.05) is 7.11 Å². The van der Waals surface area contributed by atoms with Crippen LogP contribution in [0, 0.1) is 5.92 Å². The van der Waals surface area contributed by atoms with Crippen molar-refractivity contribution < 1.29 is 4.74 Å². The van der Waals surface area contributed by atoms with Gasteiger partial charge < -0.3 is 4.74 Å². The van der Waals surface area contributed by atoms with Crippen LogP contribution in [0.4, 0.5) is 0 Å². The van der Waals surface area contributed by atoms with E-state index in [1.54, 1.807) is 0 Å². The minimum atomic E-state index is 0.102. The average molecular weight is 170 g/mol. The molecule has 0 aromatic rings. The summed E-state index contributed by atoms with van der Waals surface area (Å²) in [5.74, 6) is 0.782. The second kappa shape index (κ2) is 4.27. The van der Waals surface area contributed by atoms with E-state index in [-0.39, 0.29) is 5.60 Å². The van der Waals surface area contributed by atoms with Crippen molar-refractivity contribution in [3.05, 3.63) is 0 Å². The summed E-state index contributed by atoms with van der Waals surface area (Å²) in [6.07, 6.45) is 8.38. The Morgan fingerprint density at radius 2 is 1.50 bits per heavy atom. The van der Waals surface area contributed by atoms with Crippen molar-refractivity contribution >= 4 is 0 Å². The summed E-state index contributed by atoms with van der Waals surface area (Å²) in [6.45, 7) is 4.45. The van der Waals surface area contributed by atoms with Crippen molar-refractivity contribution in [1.29, 1.82) is 0 Å². The van der Waals surface area contributed by atoms with Crippen LogP contribution in [0.3, 0.4) is 0 Å². The molecule has 0 bridgehead atoms. The molecule has 0 amide bonds. The lowest BCUT2D eigenvalue weighted by Crippen LogP contribution is -2.32. The van der Waals surface area contributed by atoms with Crippen LogP contribution in [0.25, 0.3) is 0 Å². The first kappa shape index (κ1) is 10.0. The second-order valence-electron chi connectivity index (χ2n) is 4.50. The van der Waals surface area contributed by atoms with Gasteiger partial charge in [-0.15, -0.1) is 0 Å². The Morgan fingerprint density at radius 1 is 1.00 bits per heavy atom. The molecular weight excluding hydrogens is 148 g/mol. The van der Waals surface area contributed by atoms with Gasteiger partial charge in [-0.05, 0) is 32.6 Å². The monoisotopic (exact) mass is 170 g/mol. The molecule has 72 valence electrons. The van der Waals surface area contributed by atoms with Crippen LogP contribution in [0.1, 0.15) is 52.4 Å². The SMILES string of the molecule is COC(C)(C)C1CCCCCC1. The maximum Gasteiger partial charge on any atom is 0.0650 e. The Balaban J connectivity index is 2.47. The normalized spacial score (nSPS) is 22.2. The highest BCUT2D eigenvalue weighted by Gasteiger charge is 2.29. The zero-order chi connectivity index (χ0) is 9.03. The fourth-order valence-corrected chi connectivity index (χ4v) is 2.14. The van der Waals surface area contributed by atoms with Crippen LogP contribution in [0.5, 0.6) is 0 Å². The van der Waals surface area contributed by atoms with Gasteiger partial charge in [0.25, 0.3) is 0 Å². The molecule has 1 heteroatoms. The van der Waals surface area contributed by atoms with Gasteiger partial charge in [-0.1, -0.05) is 25.7 Å². The van der Waals surface area contributed by atoms with E-state index in [2.05, 4.69) is 13.8 Å². The van der Waals surface area contributed by atoms with Crippen molar-refractivity contribution in [2.45, 2.75) is 58.0 Å². The predicted octanol–water partition coefficient (Wildman–Crippen LogP) is 3.38. The van der Waals surface area contributed by atoms with E-state index < -0.39 is 0 Å². The molecule has 0 aromatic heterocycles. The Hall–Kier alpha value is -0.0400. The minimum Gasteiger partial charge on any atom is -0.379 e. The third-order valence-electron chi connectivity index (χ3n) is 3.36. The standard InChI is InChI=1S/C11H22O/c1-11(2,12-3)10-8-6-4-5-7-9-10/h10H,4-9H2,1-3H3. The first-order valence-corrected chi connectivity index (χ1v) is 5.22. The van der Waals surface area contributed by atoms with Gasteiger partial charge in [0, 0.05) is 7.11 Å². The van der Waals surface area contributed by atoms with Crippen molar-refractivity contribution in [2.75, 3.05) is 7.11 Å². The molecule has 0 spiro atoms. The van der Waals surface area contributed by atoms with E-state index in [9.17, 15) is 0 Å². The van der Waals surface area contributed by atoms with Crippen LogP contribution in [-0.2, 0) is 4.74 Å². The van der Waals surface area contributed by atoms with Crippen molar-refractivity contribution in [2.24, 2.45) is 5.92 Å². The van der Waals surface area contributed by atoms with E-state index in [1.165, 1.54) is 38.5 Å². The number of methoxy groups -OCH3 is 1. The van der Waals surface area contributed by atoms with Gasteiger partial charge in [0.2, 0.25) is 0 Å². The van der Waals surface area contributed by atoms with Crippen LogP contribution in [0.15, 0.2) is 0 Å². The summed E-state index contributed by atoms with van der Waals surface area (Å²) in [5, 5.41) is 0. The Kier molecular flexibility index (Phi) is 3.57. The number of ether oxygens (including phenoxy) is 1. The molecule has 1 saturated carbocycles. The molecule has 1 fully saturated rings. The number of rotatable bonds is 2. The van der Waals surface area contributed by atoms with Gasteiger partial charge in [-0.3, -0.25) is 0 Å². The molecule has 0 radical (unpaired) electrons. The summed E-state index contributed by atoms with van der Waals surface area (Å²) in [5.41, 5.74) is 0.102. The van der Waals surface area contributed by atoms with Crippen LogP contribution >= 0.6 is 0 Å². The smallest absolute Gasteiger partial charge is 0.0650 e. The summed E-state index contributed by atoms with van der Waals surface area (Å²) in [4.78, 5) is 0. The second-order valence-corrected chi connectivity index (χ2v) is 4.50. The van der Waals surface area contributed by atoms with Crippen LogP contribution in [0.2, 0.25) is 0 Å². The number of hydrogen-bond acceptors (Lipinski definition) is 1. The fourth-order valence-electron chi connectivity index (χ4n) is 2.14. The highest BCUT2D eigenvalue weighted by Crippen LogP contribution is 2.33. The minimum absolute atomic E-state index is 0.102. The first-order chi connectivity index (χ1) is 5.67. The van der Waals surface area contributed by atoms with Gasteiger partial charge in [-0.2, -0.15) is 0 Å². The highest BCUT2D eigenvalue weighted by molar-refractivity contribution is 4.80. The maximum atomic E-state index is 5.53. The molecule has 0 saturated heterocycles. The molecule has 0 N–H and O–H groups in total. The third kappa shape index (κ3) is 2.48. The molecular formula is C11H22O. The van der Waals surface area contributed by atoms with E-state index in [0.717, 1.165) is 5.92 Å². The third-order valence-corrected chi connectivity index (χ3v) is 3.36. The average Bonchev–Trinajstić information content (AvgIpc) is 2.32. The van der Waals surface area contributed by atoms with Gasteiger partial charge in [0.15, 0.2) is 0 Å². The van der Waals surface area contributed by atoms with E-state index in [4.69, 9.17) is 4.74 Å². The van der Waals surface area contributed by atoms with Crippen molar-refractivity contribution in [3.63, 3.8) is 0 Å². The molecule has 1 rings (SSSR count). The summed E-state index contributed by atoms with van der Waals surface area (Å²) in [6, 6.07) is 0. The summed E-state index contributed by atoms with van der Waals surface area (Å²) >= 11 is 0. The van der Waals surface area contributed by atoms with Crippen molar-refractivity contribution in [3.8, 4) is 0 Å². The fraction of sp³-hybridized carbons (Fsp3) is 1.00. The molecule has 0 atom stereocenters. The highest BCUT2D eigenvalue weighted by atomic mass is 16.5. The Bertz CT molecular complexity index is 121. The summed E-state index contributed by atoms with van der Waals surface area (Å²) in [7, 11) is 1.84. The zero-order valence-corrected chi connectivity index (χ0v) is 8.73. The molecule has 0 aliphatic heterocycles. The lowest BCUT2D eigenvalue weighted by Gasteiger charge is -2.32. The molecule has 1 nitrogen and oxygen atoms in total. The molecule has 0 aromatic carbocycles. The van der Waals surface area contributed by atoms with Gasteiger partial charge in [0.1, 0.15) is 0 Å². The van der Waals surface area contributed by atoms with Crippen molar-refractivity contribution in [1.82, 2.24) is 0 Å². The van der Waals surface area contributed by atoms with Crippen LogP contribution < -0.4 is 0 Å². The zero-order valence-electron chi connectivity index (χ0n) is 8.73. The maximum absolute atomic E-state index is 5.53. The van der Waals surface area contributed by atoms with Gasteiger partial charge in [0.05, 0.1) is 5.60 Å². The molecule has 0 unspecified atom stereocenters. The topological polar surface area (TPSA) is 9.23 Å². The predicted molar refractivity (Wildman–Crippen MR) is 52.3 cm³/mol. The molecule has 1 aliphatic rings. The Labute approximate surface area is 76.5 Å². The van der Waals surface area contributed by atoms with E-state index >= 15 is 0 Å². The lowest BCUT2D eigenvalue weighted by atomic mass is 9.85. The lowest BCUT2D eigenvalue weighted by molar-refractivity contribution is -0.0329. The van der Waals surface area contributed by atoms with Gasteiger partial charge in [-0.25, -0.2) is 0 Å². The molecule has 1 aliphatic carbocycles. The molecule has 0 heterocycles. The summed E-state index contributed by atoms with van der Waals surface area (Å²) < 4.78 is 5.53. The van der Waals surface area contributed by atoms with Gasteiger partial charge >= 0.3 is 0 Å². The largest absolute Gasteiger partial charge is 0.379 e. The quantitative estimate of drug-likeness (QED) is 0.577.